The van der Waals surface area contributed by atoms with Gasteiger partial charge in [-0.1, -0.05) is 0 Å². The van der Waals surface area contributed by atoms with Gasteiger partial charge in [0.05, 0.1) is 0 Å². The van der Waals surface area contributed by atoms with Crippen molar-refractivity contribution < 1.29 is 13.6 Å². The summed E-state index contributed by atoms with van der Waals surface area (Å²) in [4.78, 5) is 11.8. The van der Waals surface area contributed by atoms with Crippen molar-refractivity contribution in [3.05, 3.63) is 35.4 Å². The molecule has 1 aromatic carbocycles. The van der Waals surface area contributed by atoms with Gasteiger partial charge in [0.25, 0.3) is 5.91 Å². The van der Waals surface area contributed by atoms with Crippen LogP contribution in [0, 0.1) is 11.6 Å². The summed E-state index contributed by atoms with van der Waals surface area (Å²) in [6.07, 6.45) is 1.88. The summed E-state index contributed by atoms with van der Waals surface area (Å²) in [5.74, 6) is -2.31. The monoisotopic (exact) mass is 254 g/mol. The number of piperidine rings is 1. The number of halogens is 2. The predicted molar refractivity (Wildman–Crippen MR) is 64.3 cm³/mol. The molecular formula is C13H16F2N2O. The summed E-state index contributed by atoms with van der Waals surface area (Å²) in [5, 5.41) is 6.07. The lowest BCUT2D eigenvalue weighted by Gasteiger charge is -2.28. The maximum atomic E-state index is 13.0. The van der Waals surface area contributed by atoms with E-state index in [1.165, 1.54) is 6.07 Å². The van der Waals surface area contributed by atoms with Crippen LogP contribution in [0.4, 0.5) is 8.78 Å². The molecule has 0 spiro atoms. The normalized spacial score (nSPS) is 23.7. The van der Waals surface area contributed by atoms with E-state index in [9.17, 15) is 13.6 Å². The molecule has 18 heavy (non-hydrogen) atoms. The lowest BCUT2D eigenvalue weighted by molar-refractivity contribution is 0.0927. The molecule has 0 radical (unpaired) electrons. The van der Waals surface area contributed by atoms with Crippen LogP contribution in [0.3, 0.4) is 0 Å². The maximum Gasteiger partial charge on any atom is 0.251 e. The molecule has 1 heterocycles. The Kier molecular flexibility index (Phi) is 3.91. The lowest BCUT2D eigenvalue weighted by Crippen LogP contribution is -2.48. The highest BCUT2D eigenvalue weighted by molar-refractivity contribution is 5.94. The van der Waals surface area contributed by atoms with E-state index < -0.39 is 11.6 Å². The average Bonchev–Trinajstić information content (AvgIpc) is 2.35. The zero-order valence-electron chi connectivity index (χ0n) is 10.2. The largest absolute Gasteiger partial charge is 0.348 e. The molecule has 1 fully saturated rings. The van der Waals surface area contributed by atoms with E-state index in [1.54, 1.807) is 0 Å². The van der Waals surface area contributed by atoms with Crippen LogP contribution in [0.2, 0.25) is 0 Å². The first-order valence-electron chi connectivity index (χ1n) is 6.05. The molecule has 2 rings (SSSR count). The minimum Gasteiger partial charge on any atom is -0.348 e. The summed E-state index contributed by atoms with van der Waals surface area (Å²) < 4.78 is 25.7. The van der Waals surface area contributed by atoms with E-state index in [0.717, 1.165) is 25.0 Å². The summed E-state index contributed by atoms with van der Waals surface area (Å²) in [6.45, 7) is 2.80. The van der Waals surface area contributed by atoms with Gasteiger partial charge in [0.15, 0.2) is 11.6 Å². The van der Waals surface area contributed by atoms with E-state index in [0.29, 0.717) is 12.6 Å². The number of benzene rings is 1. The smallest absolute Gasteiger partial charge is 0.251 e. The van der Waals surface area contributed by atoms with Gasteiger partial charge in [-0.15, -0.1) is 0 Å². The van der Waals surface area contributed by atoms with E-state index in [4.69, 9.17) is 0 Å². The number of hydrogen-bond donors (Lipinski definition) is 2. The quantitative estimate of drug-likeness (QED) is 0.845. The molecule has 2 N–H and O–H groups in total. The molecule has 5 heteroatoms. The summed E-state index contributed by atoms with van der Waals surface area (Å²) >= 11 is 0. The van der Waals surface area contributed by atoms with Gasteiger partial charge in [-0.05, 0) is 38.0 Å². The summed E-state index contributed by atoms with van der Waals surface area (Å²) in [6, 6.07) is 3.67. The van der Waals surface area contributed by atoms with Crippen molar-refractivity contribution in [1.29, 1.82) is 0 Å². The third kappa shape index (κ3) is 3.04. The molecule has 2 unspecified atom stereocenters. The van der Waals surface area contributed by atoms with Crippen molar-refractivity contribution in [3.8, 4) is 0 Å². The Bertz CT molecular complexity index is 443. The topological polar surface area (TPSA) is 41.1 Å². The summed E-state index contributed by atoms with van der Waals surface area (Å²) in [5.41, 5.74) is 0.146. The van der Waals surface area contributed by atoms with Crippen molar-refractivity contribution in [2.75, 3.05) is 6.54 Å². The third-order valence-corrected chi connectivity index (χ3v) is 3.18. The Balaban J connectivity index is 1.97. The Hall–Kier alpha value is -1.49. The molecule has 1 amide bonds. The predicted octanol–water partition coefficient (Wildman–Crippen LogP) is 1.84. The first kappa shape index (κ1) is 13.0. The second-order valence-corrected chi connectivity index (χ2v) is 4.69. The van der Waals surface area contributed by atoms with Gasteiger partial charge < -0.3 is 10.6 Å². The van der Waals surface area contributed by atoms with Gasteiger partial charge in [-0.2, -0.15) is 0 Å². The molecule has 2 atom stereocenters. The number of amides is 1. The SMILES string of the molecule is CC1CCC(NC(=O)c2ccc(F)c(F)c2)CN1. The first-order valence-corrected chi connectivity index (χ1v) is 6.05. The van der Waals surface area contributed by atoms with Gasteiger partial charge >= 0.3 is 0 Å². The molecule has 0 saturated carbocycles. The van der Waals surface area contributed by atoms with Crippen molar-refractivity contribution in [3.63, 3.8) is 0 Å². The average molecular weight is 254 g/mol. The van der Waals surface area contributed by atoms with Gasteiger partial charge in [0, 0.05) is 24.2 Å². The fraction of sp³-hybridized carbons (Fsp3) is 0.462. The molecule has 1 aromatic rings. The highest BCUT2D eigenvalue weighted by Crippen LogP contribution is 2.11. The minimum absolute atomic E-state index is 0.0433. The van der Waals surface area contributed by atoms with Gasteiger partial charge in [0.2, 0.25) is 0 Å². The van der Waals surface area contributed by atoms with E-state index in [2.05, 4.69) is 17.6 Å². The minimum atomic E-state index is -1.00. The Labute approximate surface area is 105 Å². The second-order valence-electron chi connectivity index (χ2n) is 4.69. The van der Waals surface area contributed by atoms with Crippen LogP contribution in [0.5, 0.6) is 0 Å². The number of carbonyl (C=O) groups is 1. The van der Waals surface area contributed by atoms with Crippen molar-refractivity contribution in [1.82, 2.24) is 10.6 Å². The van der Waals surface area contributed by atoms with Crippen LogP contribution in [-0.4, -0.2) is 24.5 Å². The van der Waals surface area contributed by atoms with E-state index in [1.807, 2.05) is 0 Å². The van der Waals surface area contributed by atoms with Crippen LogP contribution >= 0.6 is 0 Å². The van der Waals surface area contributed by atoms with Crippen molar-refractivity contribution >= 4 is 5.91 Å². The van der Waals surface area contributed by atoms with Crippen LogP contribution in [0.15, 0.2) is 18.2 Å². The third-order valence-electron chi connectivity index (χ3n) is 3.18. The fourth-order valence-corrected chi connectivity index (χ4v) is 2.03. The van der Waals surface area contributed by atoms with Gasteiger partial charge in [-0.3, -0.25) is 4.79 Å². The van der Waals surface area contributed by atoms with Crippen molar-refractivity contribution in [2.45, 2.75) is 31.8 Å². The lowest BCUT2D eigenvalue weighted by atomic mass is 10.0. The number of nitrogens with one attached hydrogen (secondary N) is 2. The molecular weight excluding hydrogens is 238 g/mol. The van der Waals surface area contributed by atoms with Crippen molar-refractivity contribution in [2.24, 2.45) is 0 Å². The van der Waals surface area contributed by atoms with Crippen LogP contribution < -0.4 is 10.6 Å². The van der Waals surface area contributed by atoms with Crippen LogP contribution in [0.1, 0.15) is 30.1 Å². The van der Waals surface area contributed by atoms with E-state index >= 15 is 0 Å². The molecule has 1 saturated heterocycles. The van der Waals surface area contributed by atoms with E-state index in [-0.39, 0.29) is 17.5 Å². The number of rotatable bonds is 2. The molecule has 0 bridgehead atoms. The van der Waals surface area contributed by atoms with Crippen LogP contribution in [0.25, 0.3) is 0 Å². The zero-order chi connectivity index (χ0) is 13.1. The Morgan fingerprint density at radius 2 is 2.11 bits per heavy atom. The van der Waals surface area contributed by atoms with Gasteiger partial charge in [-0.25, -0.2) is 8.78 Å². The first-order chi connectivity index (χ1) is 8.56. The maximum absolute atomic E-state index is 13.0. The molecule has 0 aliphatic carbocycles. The highest BCUT2D eigenvalue weighted by Gasteiger charge is 2.20. The zero-order valence-corrected chi connectivity index (χ0v) is 10.2. The molecule has 1 aliphatic rings. The fourth-order valence-electron chi connectivity index (χ4n) is 2.03. The molecule has 1 aliphatic heterocycles. The van der Waals surface area contributed by atoms with Gasteiger partial charge in [0.1, 0.15) is 0 Å². The molecule has 0 aromatic heterocycles. The standard InChI is InChI=1S/C13H16F2N2O/c1-8-2-4-10(7-16-8)17-13(18)9-3-5-11(14)12(15)6-9/h3,5-6,8,10,16H,2,4,7H2,1H3,(H,17,18). The highest BCUT2D eigenvalue weighted by atomic mass is 19.2. The Morgan fingerprint density at radius 1 is 1.33 bits per heavy atom. The molecule has 98 valence electrons. The Morgan fingerprint density at radius 3 is 2.72 bits per heavy atom. The summed E-state index contributed by atoms with van der Waals surface area (Å²) in [7, 11) is 0. The number of carbonyl (C=O) groups excluding carboxylic acids is 1. The number of hydrogen-bond acceptors (Lipinski definition) is 2. The molecule has 3 nitrogen and oxygen atoms in total. The van der Waals surface area contributed by atoms with Crippen LogP contribution in [-0.2, 0) is 0 Å². The second kappa shape index (κ2) is 5.44.